The van der Waals surface area contributed by atoms with Gasteiger partial charge in [0.15, 0.2) is 0 Å². The van der Waals surface area contributed by atoms with Gasteiger partial charge in [0, 0.05) is 24.1 Å². The van der Waals surface area contributed by atoms with Crippen molar-refractivity contribution in [2.24, 2.45) is 0 Å². The van der Waals surface area contributed by atoms with E-state index in [4.69, 9.17) is 0 Å². The summed E-state index contributed by atoms with van der Waals surface area (Å²) in [6.07, 6.45) is -2.82. The smallest absolute Gasteiger partial charge is 0.365 e. The molecule has 2 heterocycles. The summed E-state index contributed by atoms with van der Waals surface area (Å²) in [6.45, 7) is -0.136. The van der Waals surface area contributed by atoms with Crippen molar-refractivity contribution < 1.29 is 26.4 Å². The molecule has 13 heteroatoms. The molecule has 0 spiro atoms. The van der Waals surface area contributed by atoms with Crippen molar-refractivity contribution in [1.82, 2.24) is 9.97 Å². The van der Waals surface area contributed by atoms with E-state index in [9.17, 15) is 26.4 Å². The molecule has 34 heavy (non-hydrogen) atoms. The average molecular weight is 492 g/mol. The van der Waals surface area contributed by atoms with Crippen LogP contribution >= 0.6 is 0 Å². The highest BCUT2D eigenvalue weighted by atomic mass is 32.2. The van der Waals surface area contributed by atoms with Crippen LogP contribution in [0.5, 0.6) is 0 Å². The number of carbonyl (C=O) groups is 1. The zero-order chi connectivity index (χ0) is 24.5. The van der Waals surface area contributed by atoms with E-state index in [0.29, 0.717) is 23.1 Å². The van der Waals surface area contributed by atoms with Gasteiger partial charge in [-0.2, -0.15) is 18.2 Å². The van der Waals surface area contributed by atoms with Crippen LogP contribution in [0.25, 0.3) is 0 Å². The number of benzene rings is 2. The van der Waals surface area contributed by atoms with Crippen LogP contribution in [0, 0.1) is 0 Å². The Morgan fingerprint density at radius 1 is 1.15 bits per heavy atom. The number of nitrogens with zero attached hydrogens (tertiary/aromatic N) is 2. The molecule has 3 aromatic rings. The van der Waals surface area contributed by atoms with Crippen molar-refractivity contribution in [3.8, 4) is 0 Å². The molecule has 0 atom stereocenters. The number of alkyl halides is 3. The van der Waals surface area contributed by atoms with Crippen LogP contribution in [0.15, 0.2) is 48.7 Å². The Bertz CT molecular complexity index is 1360. The standard InChI is InChI=1S/C21H19F3N6O3S/c1-34(32,33)30-16-5-3-2-4-13(16)10-25-19-15(21(22,23)24)11-26-20(29-19)27-14-7-6-12-8-18(31)28-17(12)9-14/h2-7,9,11,30H,8,10H2,1H3,(H,28,31)(H2,25,26,27,29). The number of carbonyl (C=O) groups excluding carboxylic acids is 1. The molecule has 1 aliphatic heterocycles. The van der Waals surface area contributed by atoms with Crippen molar-refractivity contribution in [1.29, 1.82) is 0 Å². The quantitative estimate of drug-likeness (QED) is 0.396. The molecule has 0 bridgehead atoms. The molecule has 178 valence electrons. The van der Waals surface area contributed by atoms with Gasteiger partial charge >= 0.3 is 6.18 Å². The van der Waals surface area contributed by atoms with E-state index in [1.54, 1.807) is 36.4 Å². The fraction of sp³-hybridized carbons (Fsp3) is 0.190. The van der Waals surface area contributed by atoms with Crippen molar-refractivity contribution in [3.63, 3.8) is 0 Å². The van der Waals surface area contributed by atoms with Gasteiger partial charge in [-0.05, 0) is 29.3 Å². The lowest BCUT2D eigenvalue weighted by Crippen LogP contribution is -2.16. The van der Waals surface area contributed by atoms with Gasteiger partial charge in [0.1, 0.15) is 11.4 Å². The van der Waals surface area contributed by atoms with E-state index in [-0.39, 0.29) is 30.5 Å². The normalized spacial score (nSPS) is 13.2. The van der Waals surface area contributed by atoms with E-state index in [1.807, 2.05) is 0 Å². The molecule has 4 rings (SSSR count). The Kier molecular flexibility index (Phi) is 6.04. The third kappa shape index (κ3) is 5.54. The first kappa shape index (κ1) is 23.3. The van der Waals surface area contributed by atoms with Crippen LogP contribution in [0.2, 0.25) is 0 Å². The topological polar surface area (TPSA) is 125 Å². The predicted octanol–water partition coefficient (Wildman–Crippen LogP) is 3.72. The van der Waals surface area contributed by atoms with Gasteiger partial charge < -0.3 is 16.0 Å². The van der Waals surface area contributed by atoms with Gasteiger partial charge in [0.05, 0.1) is 18.4 Å². The second-order valence-corrected chi connectivity index (χ2v) is 9.31. The minimum atomic E-state index is -4.72. The molecule has 9 nitrogen and oxygen atoms in total. The number of fused-ring (bicyclic) bond motifs is 1. The number of halogens is 3. The van der Waals surface area contributed by atoms with Crippen molar-refractivity contribution in [2.45, 2.75) is 19.1 Å². The predicted molar refractivity (Wildman–Crippen MR) is 121 cm³/mol. The van der Waals surface area contributed by atoms with Crippen LogP contribution in [0.1, 0.15) is 16.7 Å². The molecule has 1 aromatic heterocycles. The first-order valence-electron chi connectivity index (χ1n) is 9.91. The fourth-order valence-corrected chi connectivity index (χ4v) is 3.96. The molecule has 1 aliphatic rings. The van der Waals surface area contributed by atoms with Gasteiger partial charge in [-0.3, -0.25) is 9.52 Å². The Hall–Kier alpha value is -3.87. The zero-order valence-corrected chi connectivity index (χ0v) is 18.5. The maximum Gasteiger partial charge on any atom is 0.421 e. The lowest BCUT2D eigenvalue weighted by molar-refractivity contribution is -0.137. The monoisotopic (exact) mass is 492 g/mol. The summed E-state index contributed by atoms with van der Waals surface area (Å²) in [5, 5.41) is 8.16. The van der Waals surface area contributed by atoms with E-state index < -0.39 is 27.6 Å². The summed E-state index contributed by atoms with van der Waals surface area (Å²) >= 11 is 0. The Balaban J connectivity index is 1.59. The molecule has 1 amide bonds. The van der Waals surface area contributed by atoms with Gasteiger partial charge in [0.25, 0.3) is 0 Å². The molecule has 0 saturated heterocycles. The lowest BCUT2D eigenvalue weighted by Gasteiger charge is -2.16. The summed E-state index contributed by atoms with van der Waals surface area (Å²) < 4.78 is 66.2. The lowest BCUT2D eigenvalue weighted by atomic mass is 10.1. The van der Waals surface area contributed by atoms with Crippen LogP contribution in [0.4, 0.5) is 42.0 Å². The van der Waals surface area contributed by atoms with Crippen LogP contribution in [-0.2, 0) is 34.0 Å². The number of hydrogen-bond acceptors (Lipinski definition) is 7. The molecule has 4 N–H and O–H groups in total. The number of nitrogens with one attached hydrogen (secondary N) is 4. The highest BCUT2D eigenvalue weighted by Crippen LogP contribution is 2.35. The average Bonchev–Trinajstić information content (AvgIpc) is 3.10. The summed E-state index contributed by atoms with van der Waals surface area (Å²) in [5.74, 6) is -0.717. The maximum atomic E-state index is 13.5. The van der Waals surface area contributed by atoms with Gasteiger partial charge in [-0.15, -0.1) is 0 Å². The van der Waals surface area contributed by atoms with Gasteiger partial charge in [-0.1, -0.05) is 24.3 Å². The fourth-order valence-electron chi connectivity index (χ4n) is 3.36. The number of anilines is 5. The summed E-state index contributed by atoms with van der Waals surface area (Å²) in [4.78, 5) is 19.3. The molecule has 0 radical (unpaired) electrons. The van der Waals surface area contributed by atoms with E-state index in [1.165, 1.54) is 6.07 Å². The summed E-state index contributed by atoms with van der Waals surface area (Å²) in [7, 11) is -3.58. The molecule has 0 fully saturated rings. The van der Waals surface area contributed by atoms with Gasteiger partial charge in [0.2, 0.25) is 21.9 Å². The minimum Gasteiger partial charge on any atom is -0.365 e. The number of hydrogen-bond donors (Lipinski definition) is 4. The Morgan fingerprint density at radius 3 is 2.65 bits per heavy atom. The second-order valence-electron chi connectivity index (χ2n) is 7.56. The van der Waals surface area contributed by atoms with E-state index in [2.05, 4.69) is 30.6 Å². The van der Waals surface area contributed by atoms with Crippen molar-refractivity contribution in [2.75, 3.05) is 26.9 Å². The van der Waals surface area contributed by atoms with Crippen LogP contribution in [0.3, 0.4) is 0 Å². The summed E-state index contributed by atoms with van der Waals surface area (Å²) in [6, 6.07) is 11.3. The second kappa shape index (κ2) is 8.82. The maximum absolute atomic E-state index is 13.5. The SMILES string of the molecule is CS(=O)(=O)Nc1ccccc1CNc1nc(Nc2ccc3c(c2)NC(=O)C3)ncc1C(F)(F)F. The molecular weight excluding hydrogens is 473 g/mol. The third-order valence-electron chi connectivity index (χ3n) is 4.84. The first-order valence-corrected chi connectivity index (χ1v) is 11.8. The molecule has 0 aliphatic carbocycles. The largest absolute Gasteiger partial charge is 0.421 e. The van der Waals surface area contributed by atoms with Crippen molar-refractivity contribution in [3.05, 3.63) is 65.4 Å². The Morgan fingerprint density at radius 2 is 1.91 bits per heavy atom. The van der Waals surface area contributed by atoms with Crippen LogP contribution in [-0.4, -0.2) is 30.5 Å². The zero-order valence-electron chi connectivity index (χ0n) is 17.7. The molecular formula is C21H19F3N6O3S. The van der Waals surface area contributed by atoms with Crippen molar-refractivity contribution >= 4 is 44.8 Å². The van der Waals surface area contributed by atoms with E-state index in [0.717, 1.165) is 11.8 Å². The number of sulfonamides is 1. The number of rotatable bonds is 7. The van der Waals surface area contributed by atoms with E-state index >= 15 is 0 Å². The van der Waals surface area contributed by atoms with Gasteiger partial charge in [-0.25, -0.2) is 13.4 Å². The molecule has 2 aromatic carbocycles. The minimum absolute atomic E-state index is 0.0951. The number of amides is 1. The first-order chi connectivity index (χ1) is 16.0. The number of aromatic nitrogens is 2. The number of para-hydroxylation sites is 1. The molecule has 0 unspecified atom stereocenters. The highest BCUT2D eigenvalue weighted by molar-refractivity contribution is 7.92. The molecule has 0 saturated carbocycles. The Labute approximate surface area is 192 Å². The highest BCUT2D eigenvalue weighted by Gasteiger charge is 2.35. The van der Waals surface area contributed by atoms with Crippen LogP contribution < -0.4 is 20.7 Å². The summed E-state index contributed by atoms with van der Waals surface area (Å²) in [5.41, 5.74) is 1.48. The third-order valence-corrected chi connectivity index (χ3v) is 5.43.